The summed E-state index contributed by atoms with van der Waals surface area (Å²) in [5, 5.41) is 3.26. The quantitative estimate of drug-likeness (QED) is 0.878. The first kappa shape index (κ1) is 14.5. The van der Waals surface area contributed by atoms with Crippen molar-refractivity contribution >= 4 is 0 Å². The fourth-order valence-electron chi connectivity index (χ4n) is 1.65. The van der Waals surface area contributed by atoms with E-state index in [0.29, 0.717) is 18.3 Å². The second-order valence-corrected chi connectivity index (χ2v) is 4.82. The molecule has 1 heterocycles. The molecular weight excluding hydrogens is 264 g/mol. The summed E-state index contributed by atoms with van der Waals surface area (Å²) in [7, 11) is 0. The number of nitrogens with one attached hydrogen (secondary N) is 1. The minimum absolute atomic E-state index is 0.0576. The molecule has 108 valence electrons. The van der Waals surface area contributed by atoms with Crippen LogP contribution in [0.25, 0.3) is 0 Å². The lowest BCUT2D eigenvalue weighted by molar-refractivity contribution is 0.257. The van der Waals surface area contributed by atoms with E-state index in [9.17, 15) is 8.78 Å². The molecule has 0 bridgehead atoms. The zero-order valence-electron chi connectivity index (χ0n) is 11.5. The highest BCUT2D eigenvalue weighted by molar-refractivity contribution is 5.25. The van der Waals surface area contributed by atoms with Crippen LogP contribution in [-0.2, 0) is 13.2 Å². The van der Waals surface area contributed by atoms with Crippen LogP contribution < -0.4 is 10.1 Å². The Morgan fingerprint density at radius 2 is 2.05 bits per heavy atom. The molecule has 1 aromatic heterocycles. The van der Waals surface area contributed by atoms with Crippen LogP contribution in [0.2, 0.25) is 0 Å². The van der Waals surface area contributed by atoms with Crippen LogP contribution in [0.4, 0.5) is 8.78 Å². The largest absolute Gasteiger partial charge is 0.482 e. The molecule has 0 saturated carbocycles. The maximum absolute atomic E-state index is 13.4. The van der Waals surface area contributed by atoms with E-state index in [2.05, 4.69) is 19.2 Å². The lowest BCUT2D eigenvalue weighted by Gasteiger charge is -2.05. The first-order chi connectivity index (χ1) is 9.54. The molecule has 0 atom stereocenters. The molecule has 5 heteroatoms. The van der Waals surface area contributed by atoms with E-state index in [4.69, 9.17) is 9.15 Å². The van der Waals surface area contributed by atoms with E-state index in [-0.39, 0.29) is 12.4 Å². The van der Waals surface area contributed by atoms with E-state index in [1.54, 1.807) is 6.26 Å². The van der Waals surface area contributed by atoms with Crippen LogP contribution in [0.15, 0.2) is 34.9 Å². The van der Waals surface area contributed by atoms with Crippen molar-refractivity contribution in [2.75, 3.05) is 0 Å². The molecule has 0 fully saturated rings. The van der Waals surface area contributed by atoms with Gasteiger partial charge in [0.1, 0.15) is 18.2 Å². The van der Waals surface area contributed by atoms with Gasteiger partial charge in [0.2, 0.25) is 0 Å². The standard InChI is InChI=1S/C15H17F2NO2/c1-10(2)18-7-11-5-13(19-8-11)9-20-15-6-12(16)3-4-14(15)17/h3-6,8,10,18H,7,9H2,1-2H3. The topological polar surface area (TPSA) is 34.4 Å². The number of hydrogen-bond acceptors (Lipinski definition) is 3. The number of furan rings is 1. The molecule has 1 aromatic carbocycles. The van der Waals surface area contributed by atoms with Crippen LogP contribution in [0, 0.1) is 11.6 Å². The molecule has 0 aliphatic rings. The van der Waals surface area contributed by atoms with Gasteiger partial charge in [0.05, 0.1) is 6.26 Å². The fraction of sp³-hybridized carbons (Fsp3) is 0.333. The molecular formula is C15H17F2NO2. The molecule has 0 radical (unpaired) electrons. The molecule has 0 aliphatic heterocycles. The summed E-state index contributed by atoms with van der Waals surface area (Å²) in [6.45, 7) is 4.85. The molecule has 20 heavy (non-hydrogen) atoms. The van der Waals surface area contributed by atoms with Gasteiger partial charge in [-0.3, -0.25) is 0 Å². The van der Waals surface area contributed by atoms with E-state index in [1.165, 1.54) is 0 Å². The molecule has 2 aromatic rings. The summed E-state index contributed by atoms with van der Waals surface area (Å²) >= 11 is 0. The first-order valence-electron chi connectivity index (χ1n) is 6.42. The van der Waals surface area contributed by atoms with Gasteiger partial charge in [0, 0.05) is 24.2 Å². The van der Waals surface area contributed by atoms with E-state index >= 15 is 0 Å². The van der Waals surface area contributed by atoms with Gasteiger partial charge in [-0.1, -0.05) is 13.8 Å². The van der Waals surface area contributed by atoms with E-state index < -0.39 is 11.6 Å². The summed E-state index contributed by atoms with van der Waals surface area (Å²) in [6.07, 6.45) is 1.62. The van der Waals surface area contributed by atoms with Crippen LogP contribution in [0.5, 0.6) is 5.75 Å². The highest BCUT2D eigenvalue weighted by atomic mass is 19.1. The Labute approximate surface area is 116 Å². The number of ether oxygens (including phenoxy) is 1. The molecule has 1 N–H and O–H groups in total. The van der Waals surface area contributed by atoms with Gasteiger partial charge in [0.15, 0.2) is 11.6 Å². The van der Waals surface area contributed by atoms with Crippen molar-refractivity contribution < 1.29 is 17.9 Å². The summed E-state index contributed by atoms with van der Waals surface area (Å²) in [5.41, 5.74) is 0.983. The third-order valence-electron chi connectivity index (χ3n) is 2.69. The van der Waals surface area contributed by atoms with Crippen molar-refractivity contribution in [3.8, 4) is 5.75 Å². The lowest BCUT2D eigenvalue weighted by atomic mass is 10.3. The number of benzene rings is 1. The summed E-state index contributed by atoms with van der Waals surface area (Å²) in [5.74, 6) is -0.695. The highest BCUT2D eigenvalue weighted by Crippen LogP contribution is 2.20. The van der Waals surface area contributed by atoms with Gasteiger partial charge < -0.3 is 14.5 Å². The van der Waals surface area contributed by atoms with Crippen LogP contribution in [0.3, 0.4) is 0 Å². The van der Waals surface area contributed by atoms with Crippen LogP contribution in [-0.4, -0.2) is 6.04 Å². The van der Waals surface area contributed by atoms with Crippen molar-refractivity contribution in [1.82, 2.24) is 5.32 Å². The Hall–Kier alpha value is -1.88. The molecule has 0 unspecified atom stereocenters. The second kappa shape index (κ2) is 6.52. The molecule has 0 amide bonds. The van der Waals surface area contributed by atoms with Crippen LogP contribution in [0.1, 0.15) is 25.2 Å². The normalized spacial score (nSPS) is 11.1. The summed E-state index contributed by atoms with van der Waals surface area (Å²) < 4.78 is 36.9. The summed E-state index contributed by atoms with van der Waals surface area (Å²) in [6, 6.07) is 5.30. The zero-order chi connectivity index (χ0) is 14.5. The maximum atomic E-state index is 13.4. The Morgan fingerprint density at radius 3 is 2.80 bits per heavy atom. The lowest BCUT2D eigenvalue weighted by Crippen LogP contribution is -2.21. The van der Waals surface area contributed by atoms with Gasteiger partial charge in [-0.15, -0.1) is 0 Å². The minimum Gasteiger partial charge on any atom is -0.482 e. The number of halogens is 2. The number of hydrogen-bond donors (Lipinski definition) is 1. The monoisotopic (exact) mass is 281 g/mol. The smallest absolute Gasteiger partial charge is 0.165 e. The third-order valence-corrected chi connectivity index (χ3v) is 2.69. The average molecular weight is 281 g/mol. The Balaban J connectivity index is 1.92. The van der Waals surface area contributed by atoms with Gasteiger partial charge in [-0.2, -0.15) is 0 Å². The van der Waals surface area contributed by atoms with Crippen molar-refractivity contribution in [1.29, 1.82) is 0 Å². The first-order valence-corrected chi connectivity index (χ1v) is 6.42. The fourth-order valence-corrected chi connectivity index (χ4v) is 1.65. The predicted octanol–water partition coefficient (Wildman–Crippen LogP) is 3.63. The van der Waals surface area contributed by atoms with Crippen molar-refractivity contribution in [2.24, 2.45) is 0 Å². The van der Waals surface area contributed by atoms with Gasteiger partial charge in [-0.05, 0) is 18.2 Å². The van der Waals surface area contributed by atoms with Gasteiger partial charge in [-0.25, -0.2) is 8.78 Å². The van der Waals surface area contributed by atoms with Crippen molar-refractivity contribution in [2.45, 2.75) is 33.0 Å². The van der Waals surface area contributed by atoms with Crippen LogP contribution >= 0.6 is 0 Å². The SMILES string of the molecule is CC(C)NCc1coc(COc2cc(F)ccc2F)c1. The minimum atomic E-state index is -0.598. The third kappa shape index (κ3) is 4.06. The maximum Gasteiger partial charge on any atom is 0.165 e. The Bertz CT molecular complexity index is 567. The Morgan fingerprint density at radius 1 is 1.25 bits per heavy atom. The predicted molar refractivity (Wildman–Crippen MR) is 71.4 cm³/mol. The van der Waals surface area contributed by atoms with Gasteiger partial charge >= 0.3 is 0 Å². The molecule has 0 aliphatic carbocycles. The van der Waals surface area contributed by atoms with Crippen molar-refractivity contribution in [3.05, 3.63) is 53.5 Å². The second-order valence-electron chi connectivity index (χ2n) is 4.82. The summed E-state index contributed by atoms with van der Waals surface area (Å²) in [4.78, 5) is 0. The van der Waals surface area contributed by atoms with Crippen molar-refractivity contribution in [3.63, 3.8) is 0 Å². The van der Waals surface area contributed by atoms with E-state index in [1.807, 2.05) is 6.07 Å². The molecule has 0 spiro atoms. The molecule has 0 saturated heterocycles. The highest BCUT2D eigenvalue weighted by Gasteiger charge is 2.08. The van der Waals surface area contributed by atoms with E-state index in [0.717, 1.165) is 23.8 Å². The molecule has 2 rings (SSSR count). The number of rotatable bonds is 6. The molecule has 3 nitrogen and oxygen atoms in total. The average Bonchev–Trinajstić information content (AvgIpc) is 2.85. The van der Waals surface area contributed by atoms with Gasteiger partial charge in [0.25, 0.3) is 0 Å². The Kier molecular flexibility index (Phi) is 4.74. The zero-order valence-corrected chi connectivity index (χ0v) is 11.5.